The summed E-state index contributed by atoms with van der Waals surface area (Å²) >= 11 is 0. The minimum absolute atomic E-state index is 0.00380. The Kier molecular flexibility index (Phi) is 7.73. The first-order chi connectivity index (χ1) is 12.1. The molecule has 1 saturated carbocycles. The maximum absolute atomic E-state index is 12.3. The molecular weight excluding hydrogens is 320 g/mol. The second kappa shape index (κ2) is 10.0. The van der Waals surface area contributed by atoms with Crippen LogP contribution in [0.3, 0.4) is 0 Å². The minimum atomic E-state index is -0.875. The zero-order valence-corrected chi connectivity index (χ0v) is 14.5. The highest BCUT2D eigenvalue weighted by molar-refractivity contribution is 5.75. The van der Waals surface area contributed by atoms with Crippen molar-refractivity contribution in [2.45, 2.75) is 57.0 Å². The van der Waals surface area contributed by atoms with Gasteiger partial charge >= 0.3 is 12.0 Å². The Hall–Kier alpha value is -2.08. The van der Waals surface area contributed by atoms with Crippen molar-refractivity contribution < 1.29 is 19.8 Å². The topological polar surface area (TPSA) is 98.7 Å². The fraction of sp³-hybridized carbons (Fsp3) is 0.579. The van der Waals surface area contributed by atoms with Crippen molar-refractivity contribution in [3.8, 4) is 0 Å². The number of amides is 2. The van der Waals surface area contributed by atoms with E-state index in [1.54, 1.807) is 0 Å². The molecule has 2 amide bonds. The predicted molar refractivity (Wildman–Crippen MR) is 95.3 cm³/mol. The molecule has 0 saturated heterocycles. The molecule has 0 aliphatic heterocycles. The number of rotatable bonds is 9. The summed E-state index contributed by atoms with van der Waals surface area (Å²) < 4.78 is 0. The molecule has 0 spiro atoms. The molecule has 1 aromatic carbocycles. The van der Waals surface area contributed by atoms with E-state index in [0.29, 0.717) is 18.8 Å². The van der Waals surface area contributed by atoms with E-state index in [-0.39, 0.29) is 31.1 Å². The first-order valence-corrected chi connectivity index (χ1v) is 9.02. The average Bonchev–Trinajstić information content (AvgIpc) is 3.13. The number of hydrogen-bond donors (Lipinski definition) is 4. The molecule has 2 unspecified atom stereocenters. The van der Waals surface area contributed by atoms with Crippen molar-refractivity contribution in [3.63, 3.8) is 0 Å². The molecule has 0 bridgehead atoms. The van der Waals surface area contributed by atoms with Crippen LogP contribution in [0.1, 0.15) is 44.1 Å². The van der Waals surface area contributed by atoms with Gasteiger partial charge in [0, 0.05) is 12.5 Å². The maximum Gasteiger partial charge on any atom is 0.315 e. The fourth-order valence-corrected chi connectivity index (χ4v) is 3.49. The summed E-state index contributed by atoms with van der Waals surface area (Å²) in [4.78, 5) is 23.2. The number of carbonyl (C=O) groups is 2. The van der Waals surface area contributed by atoms with Crippen LogP contribution in [0.15, 0.2) is 30.3 Å². The van der Waals surface area contributed by atoms with Crippen LogP contribution < -0.4 is 10.6 Å². The number of carboxylic acid groups (broad SMARTS) is 1. The van der Waals surface area contributed by atoms with E-state index in [0.717, 1.165) is 31.2 Å². The SMILES string of the molecule is O=C(O)CCC(Cc1ccccc1)NC(=O)NC(CO)C1CCCC1. The summed E-state index contributed by atoms with van der Waals surface area (Å²) in [5.74, 6) is -0.554. The molecule has 1 aliphatic carbocycles. The molecule has 0 heterocycles. The molecule has 6 heteroatoms. The van der Waals surface area contributed by atoms with Gasteiger partial charge in [-0.1, -0.05) is 43.2 Å². The monoisotopic (exact) mass is 348 g/mol. The number of carbonyl (C=O) groups excluding carboxylic acids is 1. The molecule has 0 radical (unpaired) electrons. The van der Waals surface area contributed by atoms with Gasteiger partial charge in [0.05, 0.1) is 12.6 Å². The van der Waals surface area contributed by atoms with Gasteiger partial charge in [-0.05, 0) is 37.2 Å². The van der Waals surface area contributed by atoms with Crippen molar-refractivity contribution in [2.75, 3.05) is 6.61 Å². The molecule has 2 atom stereocenters. The Labute approximate surface area is 148 Å². The van der Waals surface area contributed by atoms with Crippen LogP contribution in [0, 0.1) is 5.92 Å². The van der Waals surface area contributed by atoms with Crippen LogP contribution in [0.25, 0.3) is 0 Å². The summed E-state index contributed by atoms with van der Waals surface area (Å²) in [6.45, 7) is -0.0729. The number of urea groups is 1. The first-order valence-electron chi connectivity index (χ1n) is 9.02. The lowest BCUT2D eigenvalue weighted by atomic mass is 9.99. The van der Waals surface area contributed by atoms with Gasteiger partial charge in [0.15, 0.2) is 0 Å². The van der Waals surface area contributed by atoms with Gasteiger partial charge in [0.1, 0.15) is 0 Å². The number of aliphatic hydroxyl groups is 1. The number of aliphatic carboxylic acids is 1. The van der Waals surface area contributed by atoms with Crippen LogP contribution >= 0.6 is 0 Å². The van der Waals surface area contributed by atoms with E-state index in [4.69, 9.17) is 5.11 Å². The minimum Gasteiger partial charge on any atom is -0.481 e. The van der Waals surface area contributed by atoms with Crippen LogP contribution in [0.5, 0.6) is 0 Å². The normalized spacial score (nSPS) is 17.0. The van der Waals surface area contributed by atoms with E-state index in [9.17, 15) is 14.7 Å². The largest absolute Gasteiger partial charge is 0.481 e. The molecule has 1 aromatic rings. The lowest BCUT2D eigenvalue weighted by Gasteiger charge is -2.25. The Morgan fingerprint density at radius 3 is 2.40 bits per heavy atom. The third-order valence-corrected chi connectivity index (χ3v) is 4.85. The number of hydrogen-bond acceptors (Lipinski definition) is 3. The third-order valence-electron chi connectivity index (χ3n) is 4.85. The number of aliphatic hydroxyl groups excluding tert-OH is 1. The molecule has 6 nitrogen and oxygen atoms in total. The Morgan fingerprint density at radius 1 is 1.12 bits per heavy atom. The van der Waals surface area contributed by atoms with Gasteiger partial charge in [-0.3, -0.25) is 4.79 Å². The van der Waals surface area contributed by atoms with Gasteiger partial charge < -0.3 is 20.8 Å². The zero-order valence-electron chi connectivity index (χ0n) is 14.5. The summed E-state index contributed by atoms with van der Waals surface area (Å²) in [6, 6.07) is 8.85. The van der Waals surface area contributed by atoms with Gasteiger partial charge in [-0.2, -0.15) is 0 Å². The molecule has 2 rings (SSSR count). The maximum atomic E-state index is 12.3. The van der Waals surface area contributed by atoms with Gasteiger partial charge in [-0.15, -0.1) is 0 Å². The zero-order chi connectivity index (χ0) is 18.1. The van der Waals surface area contributed by atoms with E-state index < -0.39 is 5.97 Å². The van der Waals surface area contributed by atoms with Crippen LogP contribution in [-0.4, -0.2) is 40.9 Å². The third kappa shape index (κ3) is 6.74. The molecule has 25 heavy (non-hydrogen) atoms. The van der Waals surface area contributed by atoms with Gasteiger partial charge in [0.25, 0.3) is 0 Å². The van der Waals surface area contributed by atoms with Crippen molar-refractivity contribution in [3.05, 3.63) is 35.9 Å². The number of carboxylic acids is 1. The van der Waals surface area contributed by atoms with Crippen molar-refractivity contribution >= 4 is 12.0 Å². The van der Waals surface area contributed by atoms with Gasteiger partial charge in [0.2, 0.25) is 0 Å². The van der Waals surface area contributed by atoms with Crippen molar-refractivity contribution in [2.24, 2.45) is 5.92 Å². The molecule has 138 valence electrons. The fourth-order valence-electron chi connectivity index (χ4n) is 3.49. The molecular formula is C19H28N2O4. The molecule has 1 aliphatic rings. The standard InChI is InChI=1S/C19H28N2O4/c22-13-17(15-8-4-5-9-15)21-19(25)20-16(10-11-18(23)24)12-14-6-2-1-3-7-14/h1-3,6-7,15-17,22H,4-5,8-13H2,(H,23,24)(H2,20,21,25). The lowest BCUT2D eigenvalue weighted by molar-refractivity contribution is -0.137. The predicted octanol–water partition coefficient (Wildman–Crippen LogP) is 2.31. The van der Waals surface area contributed by atoms with Crippen molar-refractivity contribution in [1.29, 1.82) is 0 Å². The average molecular weight is 348 g/mol. The second-order valence-corrected chi connectivity index (χ2v) is 6.77. The van der Waals surface area contributed by atoms with Gasteiger partial charge in [-0.25, -0.2) is 4.79 Å². The highest BCUT2D eigenvalue weighted by Crippen LogP contribution is 2.27. The highest BCUT2D eigenvalue weighted by atomic mass is 16.4. The smallest absolute Gasteiger partial charge is 0.315 e. The summed E-state index contributed by atoms with van der Waals surface area (Å²) in [6.07, 6.45) is 5.28. The number of benzene rings is 1. The molecule has 1 fully saturated rings. The summed E-state index contributed by atoms with van der Waals surface area (Å²) in [5.41, 5.74) is 1.05. The Morgan fingerprint density at radius 2 is 1.80 bits per heavy atom. The van der Waals surface area contributed by atoms with Crippen LogP contribution in [-0.2, 0) is 11.2 Å². The molecule has 0 aromatic heterocycles. The summed E-state index contributed by atoms with van der Waals surface area (Å²) in [5, 5.41) is 24.2. The first kappa shape index (κ1) is 19.2. The quantitative estimate of drug-likeness (QED) is 0.550. The lowest BCUT2D eigenvalue weighted by Crippen LogP contribution is -2.50. The van der Waals surface area contributed by atoms with E-state index in [2.05, 4.69) is 10.6 Å². The molecule has 4 N–H and O–H groups in total. The van der Waals surface area contributed by atoms with Crippen molar-refractivity contribution in [1.82, 2.24) is 10.6 Å². The number of nitrogens with one attached hydrogen (secondary N) is 2. The second-order valence-electron chi connectivity index (χ2n) is 6.77. The van der Waals surface area contributed by atoms with Crippen LogP contribution in [0.4, 0.5) is 4.79 Å². The Balaban J connectivity index is 1.91. The van der Waals surface area contributed by atoms with E-state index in [1.807, 2.05) is 30.3 Å². The van der Waals surface area contributed by atoms with E-state index >= 15 is 0 Å². The Bertz CT molecular complexity index is 544. The summed E-state index contributed by atoms with van der Waals surface area (Å²) in [7, 11) is 0. The van der Waals surface area contributed by atoms with Crippen LogP contribution in [0.2, 0.25) is 0 Å². The van der Waals surface area contributed by atoms with E-state index in [1.165, 1.54) is 0 Å². The highest BCUT2D eigenvalue weighted by Gasteiger charge is 2.26.